The molecule has 0 aliphatic rings. The van der Waals surface area contributed by atoms with Crippen LogP contribution < -0.4 is 5.73 Å². The minimum Gasteiger partial charge on any atom is -0.372 e. The Balaban J connectivity index is 3.76. The van der Waals surface area contributed by atoms with Crippen molar-refractivity contribution in [3.05, 3.63) is 0 Å². The summed E-state index contributed by atoms with van der Waals surface area (Å²) in [6.45, 7) is 2.76. The molecule has 5 heteroatoms. The molecule has 0 saturated heterocycles. The zero-order valence-corrected chi connectivity index (χ0v) is 8.59. The lowest BCUT2D eigenvalue weighted by Crippen LogP contribution is -2.36. The fraction of sp³-hybridized carbons (Fsp3) is 1.00. The van der Waals surface area contributed by atoms with Gasteiger partial charge in [0.2, 0.25) is 3.79 Å². The van der Waals surface area contributed by atoms with Crippen molar-refractivity contribution >= 4 is 34.8 Å². The van der Waals surface area contributed by atoms with Crippen LogP contribution in [0.1, 0.15) is 13.3 Å². The standard InChI is InChI=1S/C6H12Cl3NO/c1-2-3-11-5(4-10)6(7,8)9/h5H,2-4,10H2,1H3/t5-/m1/s1. The molecule has 2 N–H and O–H groups in total. The number of rotatable bonds is 4. The first-order valence-corrected chi connectivity index (χ1v) is 4.54. The molecule has 0 aromatic carbocycles. The Morgan fingerprint density at radius 3 is 2.27 bits per heavy atom. The monoisotopic (exact) mass is 219 g/mol. The van der Waals surface area contributed by atoms with Gasteiger partial charge in [-0.15, -0.1) is 0 Å². The van der Waals surface area contributed by atoms with Gasteiger partial charge < -0.3 is 10.5 Å². The van der Waals surface area contributed by atoms with Crippen LogP contribution in [-0.2, 0) is 4.74 Å². The molecule has 1 atom stereocenters. The van der Waals surface area contributed by atoms with Gasteiger partial charge in [0.25, 0.3) is 0 Å². The van der Waals surface area contributed by atoms with Gasteiger partial charge in [-0.2, -0.15) is 0 Å². The fourth-order valence-corrected chi connectivity index (χ4v) is 1.01. The predicted octanol–water partition coefficient (Wildman–Crippen LogP) is 2.11. The van der Waals surface area contributed by atoms with E-state index in [2.05, 4.69) is 0 Å². The number of alkyl halides is 3. The smallest absolute Gasteiger partial charge is 0.217 e. The number of hydrogen-bond donors (Lipinski definition) is 1. The van der Waals surface area contributed by atoms with E-state index in [0.29, 0.717) is 6.61 Å². The Morgan fingerprint density at radius 2 is 2.00 bits per heavy atom. The van der Waals surface area contributed by atoms with Crippen LogP contribution in [0.25, 0.3) is 0 Å². The second kappa shape index (κ2) is 5.44. The molecular weight excluding hydrogens is 208 g/mol. The van der Waals surface area contributed by atoms with Gasteiger partial charge in [0, 0.05) is 13.2 Å². The minimum absolute atomic E-state index is 0.219. The van der Waals surface area contributed by atoms with Crippen molar-refractivity contribution in [2.75, 3.05) is 13.2 Å². The van der Waals surface area contributed by atoms with Crippen molar-refractivity contribution in [2.24, 2.45) is 5.73 Å². The summed E-state index contributed by atoms with van der Waals surface area (Å²) in [4.78, 5) is 0. The fourth-order valence-electron chi connectivity index (χ4n) is 0.556. The van der Waals surface area contributed by atoms with Crippen LogP contribution in [0.2, 0.25) is 0 Å². The summed E-state index contributed by atoms with van der Waals surface area (Å²) in [5, 5.41) is 0. The topological polar surface area (TPSA) is 35.2 Å². The molecule has 68 valence electrons. The third-order valence-corrected chi connectivity index (χ3v) is 1.83. The highest BCUT2D eigenvalue weighted by Gasteiger charge is 2.31. The molecule has 0 spiro atoms. The molecule has 0 aliphatic carbocycles. The summed E-state index contributed by atoms with van der Waals surface area (Å²) >= 11 is 16.7. The van der Waals surface area contributed by atoms with Crippen LogP contribution in [0.3, 0.4) is 0 Å². The SMILES string of the molecule is CCCO[C@H](CN)C(Cl)(Cl)Cl. The molecule has 0 radical (unpaired) electrons. The molecule has 0 saturated carbocycles. The second-order valence-corrected chi connectivity index (χ2v) is 4.51. The largest absolute Gasteiger partial charge is 0.372 e. The van der Waals surface area contributed by atoms with Crippen LogP contribution in [0, 0.1) is 0 Å². The number of ether oxygens (including phenoxy) is 1. The minimum atomic E-state index is -1.41. The zero-order chi connectivity index (χ0) is 8.91. The van der Waals surface area contributed by atoms with Gasteiger partial charge in [0.05, 0.1) is 0 Å². The third kappa shape index (κ3) is 5.10. The van der Waals surface area contributed by atoms with E-state index >= 15 is 0 Å². The molecule has 0 heterocycles. The molecule has 11 heavy (non-hydrogen) atoms. The number of halogens is 3. The average molecular weight is 221 g/mol. The van der Waals surface area contributed by atoms with E-state index in [-0.39, 0.29) is 6.54 Å². The summed E-state index contributed by atoms with van der Waals surface area (Å²) in [5.74, 6) is 0. The molecule has 0 aromatic rings. The molecule has 0 bridgehead atoms. The van der Waals surface area contributed by atoms with Crippen molar-refractivity contribution in [3.63, 3.8) is 0 Å². The van der Waals surface area contributed by atoms with Crippen molar-refractivity contribution in [1.29, 1.82) is 0 Å². The van der Waals surface area contributed by atoms with Gasteiger partial charge in [-0.1, -0.05) is 41.7 Å². The van der Waals surface area contributed by atoms with E-state index in [9.17, 15) is 0 Å². The van der Waals surface area contributed by atoms with Gasteiger partial charge in [0.1, 0.15) is 6.10 Å². The maximum atomic E-state index is 5.56. The molecule has 2 nitrogen and oxygen atoms in total. The van der Waals surface area contributed by atoms with Gasteiger partial charge in [-0.3, -0.25) is 0 Å². The molecule has 0 fully saturated rings. The van der Waals surface area contributed by atoms with E-state index in [1.54, 1.807) is 0 Å². The Morgan fingerprint density at radius 1 is 1.45 bits per heavy atom. The zero-order valence-electron chi connectivity index (χ0n) is 6.32. The molecular formula is C6H12Cl3NO. The molecule has 0 unspecified atom stereocenters. The summed E-state index contributed by atoms with van der Waals surface area (Å²) in [5.41, 5.74) is 5.32. The second-order valence-electron chi connectivity index (χ2n) is 2.14. The highest BCUT2D eigenvalue weighted by molar-refractivity contribution is 6.68. The molecule has 0 rings (SSSR count). The molecule has 0 amide bonds. The lowest BCUT2D eigenvalue weighted by atomic mass is 10.4. The van der Waals surface area contributed by atoms with E-state index in [1.807, 2.05) is 6.92 Å². The Labute approximate surface area is 81.9 Å². The highest BCUT2D eigenvalue weighted by Crippen LogP contribution is 2.31. The van der Waals surface area contributed by atoms with Crippen LogP contribution in [0.15, 0.2) is 0 Å². The van der Waals surface area contributed by atoms with Gasteiger partial charge in [-0.05, 0) is 6.42 Å². The Kier molecular flexibility index (Phi) is 5.83. The molecule has 0 aromatic heterocycles. The van der Waals surface area contributed by atoms with Crippen molar-refractivity contribution in [1.82, 2.24) is 0 Å². The lowest BCUT2D eigenvalue weighted by Gasteiger charge is -2.22. The predicted molar refractivity (Wildman–Crippen MR) is 49.4 cm³/mol. The quantitative estimate of drug-likeness (QED) is 0.737. The van der Waals surface area contributed by atoms with Crippen molar-refractivity contribution in [2.45, 2.75) is 23.2 Å². The average Bonchev–Trinajstić information content (AvgIpc) is 1.87. The van der Waals surface area contributed by atoms with Crippen molar-refractivity contribution in [3.8, 4) is 0 Å². The van der Waals surface area contributed by atoms with E-state index in [4.69, 9.17) is 45.3 Å². The van der Waals surface area contributed by atoms with Gasteiger partial charge in [-0.25, -0.2) is 0 Å². The highest BCUT2D eigenvalue weighted by atomic mass is 35.6. The van der Waals surface area contributed by atoms with Crippen LogP contribution in [0.5, 0.6) is 0 Å². The van der Waals surface area contributed by atoms with E-state index < -0.39 is 9.90 Å². The van der Waals surface area contributed by atoms with Crippen molar-refractivity contribution < 1.29 is 4.74 Å². The van der Waals surface area contributed by atoms with Crippen LogP contribution in [0.4, 0.5) is 0 Å². The lowest BCUT2D eigenvalue weighted by molar-refractivity contribution is 0.0622. The molecule has 0 aliphatic heterocycles. The summed E-state index contributed by atoms with van der Waals surface area (Å²) < 4.78 is 3.77. The first-order valence-electron chi connectivity index (χ1n) is 3.40. The summed E-state index contributed by atoms with van der Waals surface area (Å²) in [6, 6.07) is 0. The summed E-state index contributed by atoms with van der Waals surface area (Å²) in [7, 11) is 0. The van der Waals surface area contributed by atoms with Crippen LogP contribution >= 0.6 is 34.8 Å². The Hall–Kier alpha value is 0.790. The normalized spacial score (nSPS) is 15.0. The number of hydrogen-bond acceptors (Lipinski definition) is 2. The first-order chi connectivity index (χ1) is 5.02. The van der Waals surface area contributed by atoms with E-state index in [1.165, 1.54) is 0 Å². The maximum absolute atomic E-state index is 5.56. The number of nitrogens with two attached hydrogens (primary N) is 1. The maximum Gasteiger partial charge on any atom is 0.217 e. The van der Waals surface area contributed by atoms with Gasteiger partial charge >= 0.3 is 0 Å². The third-order valence-electron chi connectivity index (χ3n) is 1.10. The Bertz CT molecular complexity index is 104. The summed E-state index contributed by atoms with van der Waals surface area (Å²) in [6.07, 6.45) is 0.379. The first kappa shape index (κ1) is 11.8. The van der Waals surface area contributed by atoms with Crippen LogP contribution in [-0.4, -0.2) is 23.0 Å². The van der Waals surface area contributed by atoms with Gasteiger partial charge in [0.15, 0.2) is 0 Å². The van der Waals surface area contributed by atoms with E-state index in [0.717, 1.165) is 6.42 Å².